The minimum absolute atomic E-state index is 0.0333. The Balaban J connectivity index is 1.92. The molecule has 0 aliphatic carbocycles. The Bertz CT molecular complexity index is 684. The first kappa shape index (κ1) is 13.7. The van der Waals surface area contributed by atoms with Gasteiger partial charge in [0, 0.05) is 49.0 Å². The smallest absolute Gasteiger partial charge is 0.258 e. The van der Waals surface area contributed by atoms with E-state index in [-0.39, 0.29) is 5.56 Å². The third kappa shape index (κ3) is 2.77. The van der Waals surface area contributed by atoms with Crippen LogP contribution >= 0.6 is 15.9 Å². The summed E-state index contributed by atoms with van der Waals surface area (Å²) in [6.07, 6.45) is 1.75. The Labute approximate surface area is 125 Å². The number of aromatic nitrogens is 2. The van der Waals surface area contributed by atoms with E-state index < -0.39 is 0 Å². The molecule has 5 nitrogen and oxygen atoms in total. The standard InChI is InChI=1S/C14H17BrN4O/c1-10-7-16-4-5-18(10)9-12-6-14(20)19-8-11(15)2-3-13(19)17-12/h2-3,6,8,10,16H,4-5,7,9H2,1H3/t10-/m1/s1. The van der Waals surface area contributed by atoms with Gasteiger partial charge in [-0.25, -0.2) is 4.98 Å². The van der Waals surface area contributed by atoms with E-state index in [0.717, 1.165) is 36.3 Å². The molecule has 6 heteroatoms. The average Bonchev–Trinajstić information content (AvgIpc) is 2.42. The second-order valence-electron chi connectivity index (χ2n) is 5.18. The highest BCUT2D eigenvalue weighted by atomic mass is 79.9. The summed E-state index contributed by atoms with van der Waals surface area (Å²) in [7, 11) is 0. The van der Waals surface area contributed by atoms with Gasteiger partial charge in [0.05, 0.1) is 5.69 Å². The molecule has 0 radical (unpaired) electrons. The molecule has 0 saturated carbocycles. The molecule has 1 aliphatic rings. The topological polar surface area (TPSA) is 49.6 Å². The molecule has 1 atom stereocenters. The Morgan fingerprint density at radius 1 is 1.50 bits per heavy atom. The van der Waals surface area contributed by atoms with Gasteiger partial charge in [0.25, 0.3) is 5.56 Å². The zero-order valence-corrected chi connectivity index (χ0v) is 12.9. The van der Waals surface area contributed by atoms with Crippen LogP contribution in [0.2, 0.25) is 0 Å². The van der Waals surface area contributed by atoms with Crippen LogP contribution in [0.1, 0.15) is 12.6 Å². The summed E-state index contributed by atoms with van der Waals surface area (Å²) in [5.41, 5.74) is 1.50. The molecular weight excluding hydrogens is 320 g/mol. The van der Waals surface area contributed by atoms with Crippen LogP contribution in [0.3, 0.4) is 0 Å². The fourth-order valence-corrected chi connectivity index (χ4v) is 2.87. The molecule has 20 heavy (non-hydrogen) atoms. The number of hydrogen-bond acceptors (Lipinski definition) is 4. The van der Waals surface area contributed by atoms with Gasteiger partial charge in [-0.1, -0.05) is 0 Å². The van der Waals surface area contributed by atoms with Crippen LogP contribution in [-0.4, -0.2) is 40.0 Å². The van der Waals surface area contributed by atoms with Gasteiger partial charge in [-0.05, 0) is 35.0 Å². The van der Waals surface area contributed by atoms with E-state index in [1.807, 2.05) is 12.1 Å². The molecule has 0 unspecified atom stereocenters. The summed E-state index contributed by atoms with van der Waals surface area (Å²) in [6, 6.07) is 5.86. The minimum Gasteiger partial charge on any atom is -0.314 e. The molecule has 1 fully saturated rings. The van der Waals surface area contributed by atoms with Gasteiger partial charge >= 0.3 is 0 Å². The number of pyridine rings is 1. The van der Waals surface area contributed by atoms with Crippen LogP contribution in [0.25, 0.3) is 5.65 Å². The van der Waals surface area contributed by atoms with E-state index in [0.29, 0.717) is 11.7 Å². The molecule has 0 amide bonds. The Morgan fingerprint density at radius 3 is 3.15 bits per heavy atom. The molecule has 1 N–H and O–H groups in total. The Morgan fingerprint density at radius 2 is 2.35 bits per heavy atom. The largest absolute Gasteiger partial charge is 0.314 e. The van der Waals surface area contributed by atoms with Crippen LogP contribution in [0.5, 0.6) is 0 Å². The van der Waals surface area contributed by atoms with E-state index >= 15 is 0 Å². The second-order valence-corrected chi connectivity index (χ2v) is 6.10. The van der Waals surface area contributed by atoms with E-state index in [4.69, 9.17) is 0 Å². The van der Waals surface area contributed by atoms with Gasteiger partial charge in [0.2, 0.25) is 0 Å². The number of piperazine rings is 1. The first-order chi connectivity index (χ1) is 9.63. The second kappa shape index (κ2) is 5.63. The quantitative estimate of drug-likeness (QED) is 0.896. The predicted molar refractivity (Wildman–Crippen MR) is 81.9 cm³/mol. The fourth-order valence-electron chi connectivity index (χ4n) is 2.53. The number of nitrogens with one attached hydrogen (secondary N) is 1. The number of halogens is 1. The van der Waals surface area contributed by atoms with Gasteiger partial charge < -0.3 is 5.32 Å². The molecule has 3 rings (SSSR count). The lowest BCUT2D eigenvalue weighted by Gasteiger charge is -2.33. The molecule has 1 aliphatic heterocycles. The molecular formula is C14H17BrN4O. The van der Waals surface area contributed by atoms with Crippen molar-refractivity contribution in [1.29, 1.82) is 0 Å². The summed E-state index contributed by atoms with van der Waals surface area (Å²) >= 11 is 3.37. The maximum atomic E-state index is 12.1. The summed E-state index contributed by atoms with van der Waals surface area (Å²) in [4.78, 5) is 19.1. The van der Waals surface area contributed by atoms with E-state index in [9.17, 15) is 4.79 Å². The van der Waals surface area contributed by atoms with Crippen molar-refractivity contribution < 1.29 is 0 Å². The third-order valence-corrected chi connectivity index (χ3v) is 4.15. The predicted octanol–water partition coefficient (Wildman–Crippen LogP) is 1.25. The molecule has 0 aromatic carbocycles. The van der Waals surface area contributed by atoms with Gasteiger partial charge in [-0.3, -0.25) is 14.1 Å². The van der Waals surface area contributed by atoms with Crippen molar-refractivity contribution in [2.24, 2.45) is 0 Å². The monoisotopic (exact) mass is 336 g/mol. The highest BCUT2D eigenvalue weighted by molar-refractivity contribution is 9.10. The normalized spacial score (nSPS) is 20.4. The minimum atomic E-state index is -0.0333. The van der Waals surface area contributed by atoms with E-state index in [1.165, 1.54) is 0 Å². The van der Waals surface area contributed by atoms with E-state index in [2.05, 4.69) is 38.1 Å². The maximum absolute atomic E-state index is 12.1. The Hall–Kier alpha value is -1.24. The highest BCUT2D eigenvalue weighted by Crippen LogP contribution is 2.11. The van der Waals surface area contributed by atoms with Crippen molar-refractivity contribution in [3.63, 3.8) is 0 Å². The van der Waals surface area contributed by atoms with Crippen LogP contribution in [-0.2, 0) is 6.54 Å². The van der Waals surface area contributed by atoms with Crippen molar-refractivity contribution in [3.05, 3.63) is 44.9 Å². The van der Waals surface area contributed by atoms with Crippen molar-refractivity contribution >= 4 is 21.6 Å². The van der Waals surface area contributed by atoms with Crippen LogP contribution in [0, 0.1) is 0 Å². The van der Waals surface area contributed by atoms with Gasteiger partial charge in [0.1, 0.15) is 5.65 Å². The van der Waals surface area contributed by atoms with Crippen molar-refractivity contribution in [2.45, 2.75) is 19.5 Å². The summed E-state index contributed by atoms with van der Waals surface area (Å²) in [5, 5.41) is 3.36. The number of fused-ring (bicyclic) bond motifs is 1. The SMILES string of the molecule is C[C@@H]1CNCCN1Cc1cc(=O)n2cc(Br)ccc2n1. The lowest BCUT2D eigenvalue weighted by atomic mass is 10.2. The molecule has 0 bridgehead atoms. The molecule has 1 saturated heterocycles. The highest BCUT2D eigenvalue weighted by Gasteiger charge is 2.18. The number of nitrogens with zero attached hydrogens (tertiary/aromatic N) is 3. The number of rotatable bonds is 2. The molecule has 3 heterocycles. The lowest BCUT2D eigenvalue weighted by Crippen LogP contribution is -2.49. The summed E-state index contributed by atoms with van der Waals surface area (Å²) < 4.78 is 2.44. The van der Waals surface area contributed by atoms with E-state index in [1.54, 1.807) is 16.7 Å². The Kier molecular flexibility index (Phi) is 3.87. The third-order valence-electron chi connectivity index (χ3n) is 3.68. The summed E-state index contributed by atoms with van der Waals surface area (Å²) in [6.45, 7) is 5.88. The summed E-state index contributed by atoms with van der Waals surface area (Å²) in [5.74, 6) is 0. The zero-order valence-electron chi connectivity index (χ0n) is 11.3. The fraction of sp³-hybridized carbons (Fsp3) is 0.429. The zero-order chi connectivity index (χ0) is 14.1. The molecule has 2 aromatic heterocycles. The first-order valence-electron chi connectivity index (χ1n) is 6.76. The van der Waals surface area contributed by atoms with Crippen molar-refractivity contribution in [1.82, 2.24) is 19.6 Å². The number of hydrogen-bond donors (Lipinski definition) is 1. The first-order valence-corrected chi connectivity index (χ1v) is 7.55. The lowest BCUT2D eigenvalue weighted by molar-refractivity contribution is 0.164. The van der Waals surface area contributed by atoms with Crippen molar-refractivity contribution in [3.8, 4) is 0 Å². The van der Waals surface area contributed by atoms with Crippen LogP contribution in [0.4, 0.5) is 0 Å². The average molecular weight is 337 g/mol. The van der Waals surface area contributed by atoms with Gasteiger partial charge in [0.15, 0.2) is 0 Å². The molecule has 0 spiro atoms. The van der Waals surface area contributed by atoms with Crippen LogP contribution < -0.4 is 10.9 Å². The van der Waals surface area contributed by atoms with Gasteiger partial charge in [-0.2, -0.15) is 0 Å². The molecule has 2 aromatic rings. The van der Waals surface area contributed by atoms with Gasteiger partial charge in [-0.15, -0.1) is 0 Å². The molecule has 106 valence electrons. The maximum Gasteiger partial charge on any atom is 0.258 e. The van der Waals surface area contributed by atoms with Crippen LogP contribution in [0.15, 0.2) is 33.7 Å². The van der Waals surface area contributed by atoms with Crippen molar-refractivity contribution in [2.75, 3.05) is 19.6 Å².